The second kappa shape index (κ2) is 7.52. The lowest BCUT2D eigenvalue weighted by Gasteiger charge is -2.13. The molecular formula is C22H21ClN4O. The van der Waals surface area contributed by atoms with Crippen molar-refractivity contribution in [1.82, 2.24) is 20.1 Å². The van der Waals surface area contributed by atoms with Crippen molar-refractivity contribution in [2.24, 2.45) is 0 Å². The zero-order chi connectivity index (χ0) is 19.7. The van der Waals surface area contributed by atoms with Crippen LogP contribution in [0.1, 0.15) is 24.1 Å². The monoisotopic (exact) mass is 392 g/mol. The summed E-state index contributed by atoms with van der Waals surface area (Å²) >= 11 is 6.37. The summed E-state index contributed by atoms with van der Waals surface area (Å²) in [6, 6.07) is 15.5. The van der Waals surface area contributed by atoms with E-state index in [1.807, 2.05) is 37.3 Å². The van der Waals surface area contributed by atoms with Crippen molar-refractivity contribution in [3.63, 3.8) is 0 Å². The first-order chi connectivity index (χ1) is 13.5. The van der Waals surface area contributed by atoms with Gasteiger partial charge in [-0.15, -0.1) is 0 Å². The SMILES string of the molecule is Cc1c(-c2ccccc2)[nH]c2c(CNC(=O)[C@@H](C)n3cccn3)cc(Cl)cc12. The zero-order valence-electron chi connectivity index (χ0n) is 15.7. The third-order valence-corrected chi connectivity index (χ3v) is 5.25. The predicted octanol–water partition coefficient (Wildman–Crippen LogP) is 4.87. The number of H-pyrrole nitrogens is 1. The Kier molecular flexibility index (Phi) is 4.92. The van der Waals surface area contributed by atoms with Crippen LogP contribution >= 0.6 is 11.6 Å². The molecule has 1 amide bonds. The minimum absolute atomic E-state index is 0.0941. The average Bonchev–Trinajstić information content (AvgIpc) is 3.35. The van der Waals surface area contributed by atoms with Crippen LogP contribution in [-0.4, -0.2) is 20.7 Å². The number of hydrogen-bond donors (Lipinski definition) is 2. The van der Waals surface area contributed by atoms with Crippen molar-refractivity contribution in [2.45, 2.75) is 26.4 Å². The second-order valence-corrected chi connectivity index (χ2v) is 7.29. The van der Waals surface area contributed by atoms with E-state index >= 15 is 0 Å². The van der Waals surface area contributed by atoms with Gasteiger partial charge in [0.25, 0.3) is 0 Å². The van der Waals surface area contributed by atoms with Crippen LogP contribution in [0.2, 0.25) is 5.02 Å². The van der Waals surface area contributed by atoms with Crippen molar-refractivity contribution in [2.75, 3.05) is 0 Å². The summed E-state index contributed by atoms with van der Waals surface area (Å²) < 4.78 is 1.63. The summed E-state index contributed by atoms with van der Waals surface area (Å²) in [5.41, 5.74) is 5.27. The second-order valence-electron chi connectivity index (χ2n) is 6.86. The first kappa shape index (κ1) is 18.3. The number of nitrogens with one attached hydrogen (secondary N) is 2. The van der Waals surface area contributed by atoms with Gasteiger partial charge in [-0.1, -0.05) is 41.9 Å². The van der Waals surface area contributed by atoms with Gasteiger partial charge in [0, 0.05) is 35.0 Å². The molecule has 0 unspecified atom stereocenters. The minimum Gasteiger partial charge on any atom is -0.354 e. The van der Waals surface area contributed by atoms with E-state index in [0.29, 0.717) is 11.6 Å². The van der Waals surface area contributed by atoms with E-state index in [0.717, 1.165) is 33.3 Å². The first-order valence-electron chi connectivity index (χ1n) is 9.17. The predicted molar refractivity (Wildman–Crippen MR) is 112 cm³/mol. The summed E-state index contributed by atoms with van der Waals surface area (Å²) in [4.78, 5) is 16.0. The number of amides is 1. The minimum atomic E-state index is -0.380. The van der Waals surface area contributed by atoms with Gasteiger partial charge in [-0.25, -0.2) is 0 Å². The van der Waals surface area contributed by atoms with Crippen LogP contribution in [0.25, 0.3) is 22.2 Å². The normalized spacial score (nSPS) is 12.2. The maximum atomic E-state index is 12.5. The van der Waals surface area contributed by atoms with E-state index in [4.69, 9.17) is 11.6 Å². The van der Waals surface area contributed by atoms with Crippen LogP contribution in [0.5, 0.6) is 0 Å². The van der Waals surface area contributed by atoms with Gasteiger partial charge in [-0.2, -0.15) is 5.10 Å². The average molecular weight is 393 g/mol. The number of carbonyl (C=O) groups is 1. The molecule has 2 aromatic heterocycles. The summed E-state index contributed by atoms with van der Waals surface area (Å²) in [6.45, 7) is 4.29. The van der Waals surface area contributed by atoms with Crippen LogP contribution in [0, 0.1) is 6.92 Å². The van der Waals surface area contributed by atoms with Crippen LogP contribution in [0.15, 0.2) is 60.9 Å². The van der Waals surface area contributed by atoms with Crippen LogP contribution in [-0.2, 0) is 11.3 Å². The molecule has 0 aliphatic rings. The van der Waals surface area contributed by atoms with Crippen LogP contribution < -0.4 is 5.32 Å². The van der Waals surface area contributed by atoms with Crippen molar-refractivity contribution >= 4 is 28.4 Å². The number of benzene rings is 2. The molecule has 142 valence electrons. The van der Waals surface area contributed by atoms with Gasteiger partial charge >= 0.3 is 0 Å². The number of carbonyl (C=O) groups excluding carboxylic acids is 1. The third kappa shape index (κ3) is 3.41. The number of aromatic nitrogens is 3. The fourth-order valence-electron chi connectivity index (χ4n) is 3.45. The van der Waals surface area contributed by atoms with Gasteiger partial charge in [0.15, 0.2) is 0 Å². The van der Waals surface area contributed by atoms with E-state index in [2.05, 4.69) is 34.5 Å². The van der Waals surface area contributed by atoms with E-state index in [1.54, 1.807) is 23.1 Å². The molecule has 0 bridgehead atoms. The molecule has 2 aromatic carbocycles. The number of fused-ring (bicyclic) bond motifs is 1. The first-order valence-corrected chi connectivity index (χ1v) is 9.55. The molecule has 0 saturated carbocycles. The fourth-order valence-corrected chi connectivity index (χ4v) is 3.69. The van der Waals surface area contributed by atoms with E-state index in [9.17, 15) is 4.79 Å². The van der Waals surface area contributed by atoms with Crippen LogP contribution in [0.3, 0.4) is 0 Å². The number of nitrogens with zero attached hydrogens (tertiary/aromatic N) is 2. The van der Waals surface area contributed by atoms with Gasteiger partial charge in [0.2, 0.25) is 5.91 Å². The lowest BCUT2D eigenvalue weighted by atomic mass is 10.1. The molecule has 2 N–H and O–H groups in total. The number of hydrogen-bond acceptors (Lipinski definition) is 2. The fraction of sp³-hybridized carbons (Fsp3) is 0.182. The number of halogens is 1. The highest BCUT2D eigenvalue weighted by Gasteiger charge is 2.17. The number of aromatic amines is 1. The Labute approximate surface area is 168 Å². The Morgan fingerprint density at radius 1 is 1.25 bits per heavy atom. The topological polar surface area (TPSA) is 62.7 Å². The standard InChI is InChI=1S/C22H21ClN4O/c1-14-19-12-18(23)11-17(13-24-22(28)15(2)27-10-6-9-25-27)21(19)26-20(14)16-7-4-3-5-8-16/h3-12,15,26H,13H2,1-2H3,(H,24,28)/t15-/m1/s1. The molecule has 6 heteroatoms. The zero-order valence-corrected chi connectivity index (χ0v) is 16.5. The van der Waals surface area contributed by atoms with Gasteiger partial charge in [0.1, 0.15) is 6.04 Å². The molecule has 0 radical (unpaired) electrons. The summed E-state index contributed by atoms with van der Waals surface area (Å²) in [6.07, 6.45) is 3.44. The van der Waals surface area contributed by atoms with E-state index in [-0.39, 0.29) is 11.9 Å². The lowest BCUT2D eigenvalue weighted by molar-refractivity contribution is -0.124. The molecule has 0 aliphatic carbocycles. The van der Waals surface area contributed by atoms with Crippen molar-refractivity contribution in [3.05, 3.63) is 77.1 Å². The van der Waals surface area contributed by atoms with E-state index in [1.165, 1.54) is 0 Å². The Hall–Kier alpha value is -3.05. The molecule has 0 saturated heterocycles. The summed E-state index contributed by atoms with van der Waals surface area (Å²) in [5.74, 6) is -0.0941. The molecule has 4 aromatic rings. The maximum Gasteiger partial charge on any atom is 0.244 e. The largest absolute Gasteiger partial charge is 0.354 e. The van der Waals surface area contributed by atoms with Gasteiger partial charge < -0.3 is 10.3 Å². The van der Waals surface area contributed by atoms with E-state index < -0.39 is 0 Å². The van der Waals surface area contributed by atoms with Gasteiger partial charge in [0.05, 0.1) is 5.52 Å². The molecule has 5 nitrogen and oxygen atoms in total. The molecule has 2 heterocycles. The Balaban J connectivity index is 1.65. The molecular weight excluding hydrogens is 372 g/mol. The molecule has 0 aliphatic heterocycles. The van der Waals surface area contributed by atoms with Crippen LogP contribution in [0.4, 0.5) is 0 Å². The quantitative estimate of drug-likeness (QED) is 0.509. The van der Waals surface area contributed by atoms with Gasteiger partial charge in [-0.3, -0.25) is 9.48 Å². The number of rotatable bonds is 5. The Morgan fingerprint density at radius 3 is 2.75 bits per heavy atom. The highest BCUT2D eigenvalue weighted by Crippen LogP contribution is 2.33. The summed E-state index contributed by atoms with van der Waals surface area (Å²) in [5, 5.41) is 8.85. The lowest BCUT2D eigenvalue weighted by Crippen LogP contribution is -2.30. The molecule has 0 fully saturated rings. The maximum absolute atomic E-state index is 12.5. The third-order valence-electron chi connectivity index (χ3n) is 5.03. The van der Waals surface area contributed by atoms with Gasteiger partial charge in [-0.05, 0) is 48.7 Å². The van der Waals surface area contributed by atoms with Crippen molar-refractivity contribution < 1.29 is 4.79 Å². The summed E-state index contributed by atoms with van der Waals surface area (Å²) in [7, 11) is 0. The molecule has 4 rings (SSSR count). The van der Waals surface area contributed by atoms with Crippen molar-refractivity contribution in [1.29, 1.82) is 0 Å². The molecule has 28 heavy (non-hydrogen) atoms. The smallest absolute Gasteiger partial charge is 0.244 e. The highest BCUT2D eigenvalue weighted by molar-refractivity contribution is 6.31. The molecule has 1 atom stereocenters. The number of aryl methyl sites for hydroxylation is 1. The van der Waals surface area contributed by atoms with Crippen molar-refractivity contribution in [3.8, 4) is 11.3 Å². The highest BCUT2D eigenvalue weighted by atomic mass is 35.5. The Bertz CT molecular complexity index is 1120. The Morgan fingerprint density at radius 2 is 2.04 bits per heavy atom. The molecule has 0 spiro atoms.